The predicted molar refractivity (Wildman–Crippen MR) is 60.8 cm³/mol. The highest BCUT2D eigenvalue weighted by Crippen LogP contribution is 2.28. The molecule has 4 nitrogen and oxygen atoms in total. The number of hydrogen-bond donors (Lipinski definition) is 1. The topological polar surface area (TPSA) is 72.0 Å². The molecule has 1 aromatic rings. The molecule has 0 spiro atoms. The second-order valence-corrected chi connectivity index (χ2v) is 3.59. The van der Waals surface area contributed by atoms with Gasteiger partial charge in [0.25, 0.3) is 0 Å². The molecule has 0 aromatic heterocycles. The van der Waals surface area contributed by atoms with Crippen molar-refractivity contribution >= 4 is 11.4 Å². The molecule has 0 saturated carbocycles. The summed E-state index contributed by atoms with van der Waals surface area (Å²) in [7, 11) is 0. The lowest BCUT2D eigenvalue weighted by molar-refractivity contribution is 0.911. The average Bonchev–Trinajstić information content (AvgIpc) is 2.79. The van der Waals surface area contributed by atoms with Crippen LogP contribution in [0.1, 0.15) is 17.5 Å². The highest BCUT2D eigenvalue weighted by atomic mass is 15.3. The molecule has 0 atom stereocenters. The third-order valence-corrected chi connectivity index (χ3v) is 2.65. The molecule has 78 valence electrons. The van der Waals surface area contributed by atoms with Crippen molar-refractivity contribution in [3.05, 3.63) is 29.3 Å². The number of aryl methyl sites for hydroxylation is 1. The van der Waals surface area contributed by atoms with Crippen molar-refractivity contribution in [3.63, 3.8) is 0 Å². The van der Waals surface area contributed by atoms with Gasteiger partial charge in [0.05, 0.1) is 5.69 Å². The lowest BCUT2D eigenvalue weighted by Crippen LogP contribution is -1.99. The van der Waals surface area contributed by atoms with Gasteiger partial charge in [0.1, 0.15) is 12.1 Å². The molecule has 0 amide bonds. The van der Waals surface area contributed by atoms with Crippen LogP contribution in [0.2, 0.25) is 0 Å². The Hall–Kier alpha value is -2.33. The lowest BCUT2D eigenvalue weighted by Gasteiger charge is -2.06. The van der Waals surface area contributed by atoms with Gasteiger partial charge >= 0.3 is 0 Å². The molecule has 1 N–H and O–H groups in total. The average molecular weight is 210 g/mol. The van der Waals surface area contributed by atoms with Gasteiger partial charge in [-0.15, -0.1) is 0 Å². The standard InChI is InChI=1S/C12H10N4/c13-7-10(8-14)15-16-12-6-2-4-9-3-1-5-11(9)12/h2,4,6,16H,1,3,5H2. The highest BCUT2D eigenvalue weighted by Gasteiger charge is 2.13. The fourth-order valence-electron chi connectivity index (χ4n) is 1.92. The maximum Gasteiger partial charge on any atom is 0.237 e. The van der Waals surface area contributed by atoms with E-state index in [0.29, 0.717) is 0 Å². The van der Waals surface area contributed by atoms with Gasteiger partial charge in [-0.25, -0.2) is 0 Å². The van der Waals surface area contributed by atoms with E-state index in [9.17, 15) is 0 Å². The van der Waals surface area contributed by atoms with E-state index in [-0.39, 0.29) is 5.71 Å². The maximum absolute atomic E-state index is 8.55. The summed E-state index contributed by atoms with van der Waals surface area (Å²) in [6.07, 6.45) is 3.28. The van der Waals surface area contributed by atoms with Gasteiger partial charge in [-0.2, -0.15) is 15.6 Å². The molecular weight excluding hydrogens is 200 g/mol. The normalized spacial score (nSPS) is 12.1. The van der Waals surface area contributed by atoms with E-state index in [1.165, 1.54) is 11.1 Å². The Morgan fingerprint density at radius 3 is 2.81 bits per heavy atom. The van der Waals surface area contributed by atoms with Crippen LogP contribution in [0.4, 0.5) is 5.69 Å². The number of benzene rings is 1. The van der Waals surface area contributed by atoms with Crippen LogP contribution >= 0.6 is 0 Å². The first-order chi connectivity index (χ1) is 7.85. The van der Waals surface area contributed by atoms with Gasteiger partial charge in [0.15, 0.2) is 0 Å². The first-order valence-corrected chi connectivity index (χ1v) is 5.10. The van der Waals surface area contributed by atoms with Crippen molar-refractivity contribution in [3.8, 4) is 12.1 Å². The van der Waals surface area contributed by atoms with E-state index < -0.39 is 0 Å². The third kappa shape index (κ3) is 1.87. The number of nitrogens with zero attached hydrogens (tertiary/aromatic N) is 3. The lowest BCUT2D eigenvalue weighted by atomic mass is 10.1. The summed E-state index contributed by atoms with van der Waals surface area (Å²) >= 11 is 0. The van der Waals surface area contributed by atoms with Crippen molar-refractivity contribution < 1.29 is 0 Å². The number of fused-ring (bicyclic) bond motifs is 1. The predicted octanol–water partition coefficient (Wildman–Crippen LogP) is 1.99. The fraction of sp³-hybridized carbons (Fsp3) is 0.250. The summed E-state index contributed by atoms with van der Waals surface area (Å²) in [5, 5.41) is 20.9. The Bertz CT molecular complexity index is 501. The minimum Gasteiger partial charge on any atom is -0.276 e. The van der Waals surface area contributed by atoms with Crippen LogP contribution in [0.5, 0.6) is 0 Å². The van der Waals surface area contributed by atoms with Crippen molar-refractivity contribution in [2.75, 3.05) is 5.43 Å². The Kier molecular flexibility index (Phi) is 2.84. The van der Waals surface area contributed by atoms with Crippen LogP contribution in [-0.2, 0) is 12.8 Å². The third-order valence-electron chi connectivity index (χ3n) is 2.65. The molecule has 0 unspecified atom stereocenters. The van der Waals surface area contributed by atoms with E-state index in [4.69, 9.17) is 10.5 Å². The Labute approximate surface area is 93.8 Å². The highest BCUT2D eigenvalue weighted by molar-refractivity contribution is 6.10. The summed E-state index contributed by atoms with van der Waals surface area (Å²) in [4.78, 5) is 0. The molecule has 1 aliphatic carbocycles. The van der Waals surface area contributed by atoms with Crippen molar-refractivity contribution in [2.24, 2.45) is 5.10 Å². The van der Waals surface area contributed by atoms with Gasteiger partial charge in [-0.1, -0.05) is 12.1 Å². The second-order valence-electron chi connectivity index (χ2n) is 3.59. The number of rotatable bonds is 2. The zero-order valence-electron chi connectivity index (χ0n) is 8.70. The molecule has 0 bridgehead atoms. The molecule has 0 saturated heterocycles. The van der Waals surface area contributed by atoms with Gasteiger partial charge in [0, 0.05) is 0 Å². The van der Waals surface area contributed by atoms with Gasteiger partial charge in [-0.3, -0.25) is 5.43 Å². The SMILES string of the molecule is N#CC(C#N)=NNc1cccc2c1CCC2. The van der Waals surface area contributed by atoms with Gasteiger partial charge in [-0.05, 0) is 36.5 Å². The molecule has 4 heteroatoms. The summed E-state index contributed by atoms with van der Waals surface area (Å²) in [5.41, 5.74) is 6.11. The molecule has 16 heavy (non-hydrogen) atoms. The van der Waals surface area contributed by atoms with Crippen LogP contribution in [0.15, 0.2) is 23.3 Å². The van der Waals surface area contributed by atoms with Crippen LogP contribution < -0.4 is 5.43 Å². The summed E-state index contributed by atoms with van der Waals surface area (Å²) in [6, 6.07) is 9.41. The largest absolute Gasteiger partial charge is 0.276 e. The molecule has 0 heterocycles. The summed E-state index contributed by atoms with van der Waals surface area (Å²) in [6.45, 7) is 0. The first kappa shape index (κ1) is 10.2. The van der Waals surface area contributed by atoms with Crippen LogP contribution in [0.3, 0.4) is 0 Å². The van der Waals surface area contributed by atoms with E-state index in [1.54, 1.807) is 12.1 Å². The quantitative estimate of drug-likeness (QED) is 0.599. The molecule has 1 aliphatic rings. The zero-order chi connectivity index (χ0) is 11.4. The molecular formula is C12H10N4. The van der Waals surface area contributed by atoms with Crippen LogP contribution in [-0.4, -0.2) is 5.71 Å². The van der Waals surface area contributed by atoms with Crippen molar-refractivity contribution in [2.45, 2.75) is 19.3 Å². The van der Waals surface area contributed by atoms with Gasteiger partial charge in [0.2, 0.25) is 5.71 Å². The monoisotopic (exact) mass is 210 g/mol. The van der Waals surface area contributed by atoms with Crippen LogP contribution in [0, 0.1) is 22.7 Å². The Morgan fingerprint density at radius 1 is 1.25 bits per heavy atom. The van der Waals surface area contributed by atoms with E-state index in [1.807, 2.05) is 12.1 Å². The number of anilines is 1. The molecule has 0 aliphatic heterocycles. The fourth-order valence-corrected chi connectivity index (χ4v) is 1.92. The van der Waals surface area contributed by atoms with E-state index >= 15 is 0 Å². The first-order valence-electron chi connectivity index (χ1n) is 5.10. The number of hydrazone groups is 1. The molecule has 1 aromatic carbocycles. The Balaban J connectivity index is 2.25. The second kappa shape index (κ2) is 4.46. The van der Waals surface area contributed by atoms with Crippen molar-refractivity contribution in [1.82, 2.24) is 0 Å². The number of nitrogens with one attached hydrogen (secondary N) is 1. The van der Waals surface area contributed by atoms with Crippen LogP contribution in [0.25, 0.3) is 0 Å². The summed E-state index contributed by atoms with van der Waals surface area (Å²) < 4.78 is 0. The van der Waals surface area contributed by atoms with E-state index in [2.05, 4.69) is 16.6 Å². The maximum atomic E-state index is 8.55. The molecule has 0 fully saturated rings. The number of hydrogen-bond acceptors (Lipinski definition) is 4. The number of nitriles is 2. The smallest absolute Gasteiger partial charge is 0.237 e. The Morgan fingerprint density at radius 2 is 2.06 bits per heavy atom. The molecule has 0 radical (unpaired) electrons. The minimum absolute atomic E-state index is 0.157. The minimum atomic E-state index is -0.157. The van der Waals surface area contributed by atoms with Crippen molar-refractivity contribution in [1.29, 1.82) is 10.5 Å². The summed E-state index contributed by atoms with van der Waals surface area (Å²) in [5.74, 6) is 0. The van der Waals surface area contributed by atoms with Gasteiger partial charge < -0.3 is 0 Å². The molecule has 2 rings (SSSR count). The zero-order valence-corrected chi connectivity index (χ0v) is 8.70. The van der Waals surface area contributed by atoms with E-state index in [0.717, 1.165) is 24.9 Å².